The first-order valence-corrected chi connectivity index (χ1v) is 6.92. The fourth-order valence-corrected chi connectivity index (χ4v) is 1.58. The fraction of sp³-hybridized carbons (Fsp3) is 0.846. The topological polar surface area (TPSA) is 145 Å². The molecule has 0 aliphatic carbocycles. The molecule has 0 aliphatic rings. The molecule has 0 fully saturated rings. The number of esters is 2. The molecule has 0 bridgehead atoms. The molecule has 0 heterocycles. The van der Waals surface area contributed by atoms with Gasteiger partial charge in [0.2, 0.25) is 0 Å². The maximum Gasteiger partial charge on any atom is 1.00 e. The SMILES string of the molecule is CCCCCCC(=O)OC(=O)[C@H](O)[C@@H](O)[C@H](O)[C@H](O)CO.[H-].[Na+]. The second-order valence-corrected chi connectivity index (χ2v) is 4.78. The van der Waals surface area contributed by atoms with Gasteiger partial charge in [-0.15, -0.1) is 0 Å². The predicted molar refractivity (Wildman–Crippen MR) is 72.1 cm³/mol. The van der Waals surface area contributed by atoms with Crippen LogP contribution in [0.5, 0.6) is 0 Å². The Bertz CT molecular complexity index is 331. The summed E-state index contributed by atoms with van der Waals surface area (Å²) in [5.74, 6) is -2.24. The molecule has 0 saturated heterocycles. The zero-order chi connectivity index (χ0) is 16.4. The molecule has 22 heavy (non-hydrogen) atoms. The number of aliphatic hydroxyl groups is 5. The molecular weight excluding hydrogens is 307 g/mol. The third-order valence-electron chi connectivity index (χ3n) is 2.95. The number of unbranched alkanes of at least 4 members (excludes halogenated alkanes) is 3. The van der Waals surface area contributed by atoms with Gasteiger partial charge in [0.1, 0.15) is 18.3 Å². The van der Waals surface area contributed by atoms with E-state index in [2.05, 4.69) is 4.74 Å². The summed E-state index contributed by atoms with van der Waals surface area (Å²) in [5, 5.41) is 45.9. The minimum atomic E-state index is -2.19. The van der Waals surface area contributed by atoms with Crippen LogP contribution in [-0.4, -0.2) is 68.5 Å². The van der Waals surface area contributed by atoms with Gasteiger partial charge in [0.05, 0.1) is 6.61 Å². The van der Waals surface area contributed by atoms with Crippen molar-refractivity contribution in [2.24, 2.45) is 0 Å². The number of hydrogen-bond donors (Lipinski definition) is 5. The quantitative estimate of drug-likeness (QED) is 0.117. The molecule has 5 N–H and O–H groups in total. The van der Waals surface area contributed by atoms with Crippen molar-refractivity contribution in [1.29, 1.82) is 0 Å². The summed E-state index contributed by atoms with van der Waals surface area (Å²) in [7, 11) is 0. The van der Waals surface area contributed by atoms with Crippen molar-refractivity contribution in [1.82, 2.24) is 0 Å². The average Bonchev–Trinajstić information content (AvgIpc) is 2.48. The van der Waals surface area contributed by atoms with E-state index < -0.39 is 43.0 Å². The average molecular weight is 332 g/mol. The van der Waals surface area contributed by atoms with Gasteiger partial charge < -0.3 is 31.7 Å². The van der Waals surface area contributed by atoms with Crippen molar-refractivity contribution < 1.29 is 70.8 Å². The summed E-state index contributed by atoms with van der Waals surface area (Å²) in [6, 6.07) is 0. The smallest absolute Gasteiger partial charge is 1.00 e. The number of aliphatic hydroxyl groups excluding tert-OH is 5. The molecule has 0 aliphatic heterocycles. The van der Waals surface area contributed by atoms with Gasteiger partial charge in [0, 0.05) is 6.42 Å². The third kappa shape index (κ3) is 9.16. The van der Waals surface area contributed by atoms with Crippen LogP contribution in [0.25, 0.3) is 0 Å². The third-order valence-corrected chi connectivity index (χ3v) is 2.95. The van der Waals surface area contributed by atoms with E-state index in [4.69, 9.17) is 10.2 Å². The minimum absolute atomic E-state index is 0. The van der Waals surface area contributed by atoms with Gasteiger partial charge >= 0.3 is 41.5 Å². The van der Waals surface area contributed by atoms with E-state index >= 15 is 0 Å². The largest absolute Gasteiger partial charge is 1.00 e. The Morgan fingerprint density at radius 3 is 2.14 bits per heavy atom. The van der Waals surface area contributed by atoms with E-state index in [0.29, 0.717) is 6.42 Å². The number of rotatable bonds is 10. The van der Waals surface area contributed by atoms with Crippen LogP contribution in [0.4, 0.5) is 0 Å². The van der Waals surface area contributed by atoms with Crippen molar-refractivity contribution >= 4 is 11.9 Å². The molecule has 0 saturated carbocycles. The summed E-state index contributed by atoms with van der Waals surface area (Å²) < 4.78 is 4.33. The molecule has 0 spiro atoms. The van der Waals surface area contributed by atoms with Crippen LogP contribution >= 0.6 is 0 Å². The first-order chi connectivity index (χ1) is 9.84. The Labute approximate surface area is 152 Å². The summed E-state index contributed by atoms with van der Waals surface area (Å²) in [5.41, 5.74) is 0. The molecular formula is C13H25NaO8. The van der Waals surface area contributed by atoms with Crippen molar-refractivity contribution in [2.45, 2.75) is 63.4 Å². The monoisotopic (exact) mass is 332 g/mol. The Kier molecular flexibility index (Phi) is 14.7. The summed E-state index contributed by atoms with van der Waals surface area (Å²) >= 11 is 0. The van der Waals surface area contributed by atoms with Crippen LogP contribution < -0.4 is 29.6 Å². The zero-order valence-corrected chi connectivity index (χ0v) is 15.0. The van der Waals surface area contributed by atoms with E-state index in [1.165, 1.54) is 0 Å². The van der Waals surface area contributed by atoms with E-state index in [-0.39, 0.29) is 37.4 Å². The first-order valence-electron chi connectivity index (χ1n) is 6.92. The van der Waals surface area contributed by atoms with Crippen molar-refractivity contribution in [2.75, 3.05) is 6.61 Å². The molecule has 0 amide bonds. The van der Waals surface area contributed by atoms with Gasteiger partial charge in [-0.2, -0.15) is 0 Å². The zero-order valence-electron chi connectivity index (χ0n) is 14.0. The number of carbonyl (C=O) groups excluding carboxylic acids is 2. The van der Waals surface area contributed by atoms with Gasteiger partial charge in [-0.3, -0.25) is 4.79 Å². The van der Waals surface area contributed by atoms with Crippen LogP contribution in [0.1, 0.15) is 40.5 Å². The van der Waals surface area contributed by atoms with E-state index in [1.54, 1.807) is 0 Å². The standard InChI is InChI=1S/C13H24O8.Na.H/c1-2-3-4-5-6-9(16)21-13(20)12(19)11(18)10(17)8(15)7-14;;/h8,10-12,14-15,17-19H,2-7H2,1H3;;/q;+1;-1/t8-,10-,11+,12-;;/m1../s1. The van der Waals surface area contributed by atoms with Gasteiger partial charge in [0.15, 0.2) is 6.10 Å². The Hall–Kier alpha value is -0.0600. The van der Waals surface area contributed by atoms with Crippen molar-refractivity contribution in [3.63, 3.8) is 0 Å². The fourth-order valence-electron chi connectivity index (χ4n) is 1.58. The van der Waals surface area contributed by atoms with Crippen LogP contribution in [0.3, 0.4) is 0 Å². The molecule has 0 rings (SSSR count). The van der Waals surface area contributed by atoms with E-state index in [9.17, 15) is 24.9 Å². The van der Waals surface area contributed by atoms with Crippen molar-refractivity contribution in [3.8, 4) is 0 Å². The Balaban J connectivity index is -0.00000200. The van der Waals surface area contributed by atoms with Crippen LogP contribution in [0.15, 0.2) is 0 Å². The minimum Gasteiger partial charge on any atom is -1.00 e. The number of hydrogen-bond acceptors (Lipinski definition) is 8. The Morgan fingerprint density at radius 2 is 1.64 bits per heavy atom. The molecule has 0 radical (unpaired) electrons. The summed E-state index contributed by atoms with van der Waals surface area (Å²) in [4.78, 5) is 22.7. The number of carbonyl (C=O) groups is 2. The van der Waals surface area contributed by atoms with Gasteiger partial charge in [-0.25, -0.2) is 4.79 Å². The molecule has 8 nitrogen and oxygen atoms in total. The number of ether oxygens (including phenoxy) is 1. The van der Waals surface area contributed by atoms with Gasteiger partial charge in [0.25, 0.3) is 0 Å². The maximum atomic E-state index is 11.4. The molecule has 126 valence electrons. The summed E-state index contributed by atoms with van der Waals surface area (Å²) in [6.07, 6.45) is -4.64. The second-order valence-electron chi connectivity index (χ2n) is 4.78. The predicted octanol–water partition coefficient (Wildman–Crippen LogP) is -4.42. The first kappa shape index (κ1) is 24.2. The van der Waals surface area contributed by atoms with Crippen molar-refractivity contribution in [3.05, 3.63) is 0 Å². The van der Waals surface area contributed by atoms with Crippen LogP contribution in [0, 0.1) is 0 Å². The van der Waals surface area contributed by atoms with E-state index in [0.717, 1.165) is 19.3 Å². The second kappa shape index (κ2) is 13.4. The molecule has 0 unspecified atom stereocenters. The molecule has 9 heteroatoms. The maximum absolute atomic E-state index is 11.4. The molecule has 4 atom stereocenters. The van der Waals surface area contributed by atoms with Crippen LogP contribution in [-0.2, 0) is 14.3 Å². The molecule has 0 aromatic heterocycles. The Morgan fingerprint density at radius 1 is 1.05 bits per heavy atom. The van der Waals surface area contributed by atoms with Gasteiger partial charge in [-0.05, 0) is 6.42 Å². The van der Waals surface area contributed by atoms with Gasteiger partial charge in [-0.1, -0.05) is 26.2 Å². The van der Waals surface area contributed by atoms with E-state index in [1.807, 2.05) is 6.92 Å². The molecule has 0 aromatic carbocycles. The molecule has 0 aromatic rings. The van der Waals surface area contributed by atoms with Crippen LogP contribution in [0.2, 0.25) is 0 Å². The normalized spacial score (nSPS) is 16.1. The summed E-state index contributed by atoms with van der Waals surface area (Å²) in [6.45, 7) is 1.14.